The van der Waals surface area contributed by atoms with Gasteiger partial charge >= 0.3 is 0 Å². The van der Waals surface area contributed by atoms with Gasteiger partial charge < -0.3 is 10.1 Å². The predicted octanol–water partition coefficient (Wildman–Crippen LogP) is 4.19. The number of nitrogens with one attached hydrogen (secondary N) is 1. The van der Waals surface area contributed by atoms with Gasteiger partial charge in [-0.3, -0.25) is 4.79 Å². The monoisotopic (exact) mass is 301 g/mol. The first-order valence-corrected chi connectivity index (χ1v) is 7.44. The summed E-state index contributed by atoms with van der Waals surface area (Å²) < 4.78 is 18.4. The number of anilines is 1. The smallest absolute Gasteiger partial charge is 0.228 e. The van der Waals surface area contributed by atoms with Gasteiger partial charge in [0, 0.05) is 5.69 Å². The van der Waals surface area contributed by atoms with Crippen molar-refractivity contribution in [3.8, 4) is 5.75 Å². The van der Waals surface area contributed by atoms with Crippen molar-refractivity contribution in [2.75, 3.05) is 11.9 Å². The number of rotatable bonds is 7. The third-order valence-corrected chi connectivity index (χ3v) is 3.18. The Morgan fingerprint density at radius 1 is 1.09 bits per heavy atom. The normalized spacial score (nSPS) is 10.3. The largest absolute Gasteiger partial charge is 0.494 e. The number of carbonyl (C=O) groups excluding carboxylic acids is 1. The minimum Gasteiger partial charge on any atom is -0.494 e. The summed E-state index contributed by atoms with van der Waals surface area (Å²) in [5.74, 6) is 0.360. The molecule has 4 heteroatoms. The molecule has 0 spiro atoms. The van der Waals surface area contributed by atoms with Crippen molar-refractivity contribution >= 4 is 11.6 Å². The highest BCUT2D eigenvalue weighted by Crippen LogP contribution is 2.16. The number of hydrogen-bond donors (Lipinski definition) is 1. The molecule has 0 aliphatic rings. The molecule has 22 heavy (non-hydrogen) atoms. The van der Waals surface area contributed by atoms with Gasteiger partial charge in [-0.25, -0.2) is 4.39 Å². The lowest BCUT2D eigenvalue weighted by Gasteiger charge is -2.08. The Morgan fingerprint density at radius 3 is 2.41 bits per heavy atom. The van der Waals surface area contributed by atoms with Crippen LogP contribution in [-0.4, -0.2) is 12.5 Å². The number of hydrogen-bond acceptors (Lipinski definition) is 2. The van der Waals surface area contributed by atoms with Crippen LogP contribution >= 0.6 is 0 Å². The summed E-state index contributed by atoms with van der Waals surface area (Å²) >= 11 is 0. The topological polar surface area (TPSA) is 38.3 Å². The number of amides is 1. The molecule has 0 aliphatic heterocycles. The molecule has 0 aromatic heterocycles. The molecule has 0 atom stereocenters. The predicted molar refractivity (Wildman–Crippen MR) is 85.6 cm³/mol. The summed E-state index contributed by atoms with van der Waals surface area (Å²) in [7, 11) is 0. The highest BCUT2D eigenvalue weighted by atomic mass is 19.1. The van der Waals surface area contributed by atoms with Crippen LogP contribution in [0.1, 0.15) is 25.3 Å². The van der Waals surface area contributed by atoms with E-state index >= 15 is 0 Å². The molecule has 0 bridgehead atoms. The minimum absolute atomic E-state index is 0.133. The molecule has 0 aliphatic carbocycles. The summed E-state index contributed by atoms with van der Waals surface area (Å²) in [5.41, 5.74) is 1.49. The minimum atomic E-state index is -0.303. The molecular weight excluding hydrogens is 281 g/mol. The second kappa shape index (κ2) is 8.17. The summed E-state index contributed by atoms with van der Waals surface area (Å²) in [6.07, 6.45) is 2.34. The van der Waals surface area contributed by atoms with E-state index in [9.17, 15) is 9.18 Å². The number of ether oxygens (including phenoxy) is 1. The van der Waals surface area contributed by atoms with Crippen LogP contribution in [0.4, 0.5) is 10.1 Å². The van der Waals surface area contributed by atoms with Crippen molar-refractivity contribution < 1.29 is 13.9 Å². The molecule has 0 unspecified atom stereocenters. The second-order valence-electron chi connectivity index (χ2n) is 5.08. The first kappa shape index (κ1) is 16.0. The molecule has 2 aromatic rings. The van der Waals surface area contributed by atoms with Crippen LogP contribution in [0.5, 0.6) is 5.75 Å². The number of unbranched alkanes of at least 4 members (excludes halogenated alkanes) is 1. The standard InChI is InChI=1S/C18H20FNO2/c1-2-3-12-22-17-10-8-16(9-11-17)20-18(21)13-14-4-6-15(19)7-5-14/h4-11H,2-3,12-13H2,1H3,(H,20,21). The molecule has 1 N–H and O–H groups in total. The summed E-state index contributed by atoms with van der Waals surface area (Å²) in [6.45, 7) is 2.82. The lowest BCUT2D eigenvalue weighted by atomic mass is 10.1. The van der Waals surface area contributed by atoms with Crippen molar-refractivity contribution in [3.05, 3.63) is 59.9 Å². The van der Waals surface area contributed by atoms with Crippen LogP contribution in [-0.2, 0) is 11.2 Å². The van der Waals surface area contributed by atoms with Crippen molar-refractivity contribution in [1.29, 1.82) is 0 Å². The van der Waals surface area contributed by atoms with Gasteiger partial charge in [-0.2, -0.15) is 0 Å². The molecule has 0 saturated heterocycles. The fourth-order valence-electron chi connectivity index (χ4n) is 1.96. The Hall–Kier alpha value is -2.36. The first-order valence-electron chi connectivity index (χ1n) is 7.44. The van der Waals surface area contributed by atoms with Crippen LogP contribution < -0.4 is 10.1 Å². The Bertz CT molecular complexity index is 593. The summed E-state index contributed by atoms with van der Waals surface area (Å²) in [5, 5.41) is 2.81. The Morgan fingerprint density at radius 2 is 1.77 bits per heavy atom. The first-order chi connectivity index (χ1) is 10.7. The SMILES string of the molecule is CCCCOc1ccc(NC(=O)Cc2ccc(F)cc2)cc1. The van der Waals surface area contributed by atoms with Gasteiger partial charge in [0.2, 0.25) is 5.91 Å². The molecule has 2 aromatic carbocycles. The molecule has 0 saturated carbocycles. The zero-order valence-corrected chi connectivity index (χ0v) is 12.6. The molecule has 0 heterocycles. The summed E-state index contributed by atoms with van der Waals surface area (Å²) in [4.78, 5) is 11.9. The Labute approximate surface area is 130 Å². The van der Waals surface area contributed by atoms with E-state index in [0.29, 0.717) is 6.61 Å². The molecule has 1 amide bonds. The van der Waals surface area contributed by atoms with E-state index in [4.69, 9.17) is 4.74 Å². The van der Waals surface area contributed by atoms with Crippen LogP contribution in [0.3, 0.4) is 0 Å². The highest BCUT2D eigenvalue weighted by molar-refractivity contribution is 5.92. The molecule has 2 rings (SSSR count). The van der Waals surface area contributed by atoms with Crippen LogP contribution in [0.15, 0.2) is 48.5 Å². The average molecular weight is 301 g/mol. The average Bonchev–Trinajstić information content (AvgIpc) is 2.51. The van der Waals surface area contributed by atoms with Gasteiger partial charge in [-0.05, 0) is 48.4 Å². The maximum atomic E-state index is 12.8. The maximum Gasteiger partial charge on any atom is 0.228 e. The Balaban J connectivity index is 1.84. The molecular formula is C18H20FNO2. The van der Waals surface area contributed by atoms with Crippen molar-refractivity contribution in [2.45, 2.75) is 26.2 Å². The van der Waals surface area contributed by atoms with E-state index < -0.39 is 0 Å². The van der Waals surface area contributed by atoms with E-state index in [-0.39, 0.29) is 18.1 Å². The third kappa shape index (κ3) is 5.20. The summed E-state index contributed by atoms with van der Waals surface area (Å²) in [6, 6.07) is 13.2. The fraction of sp³-hybridized carbons (Fsp3) is 0.278. The van der Waals surface area contributed by atoms with E-state index in [1.807, 2.05) is 24.3 Å². The van der Waals surface area contributed by atoms with Crippen LogP contribution in [0.2, 0.25) is 0 Å². The van der Waals surface area contributed by atoms with E-state index in [0.717, 1.165) is 29.8 Å². The lowest BCUT2D eigenvalue weighted by molar-refractivity contribution is -0.115. The quantitative estimate of drug-likeness (QED) is 0.779. The second-order valence-corrected chi connectivity index (χ2v) is 5.08. The van der Waals surface area contributed by atoms with E-state index in [2.05, 4.69) is 12.2 Å². The van der Waals surface area contributed by atoms with Gasteiger partial charge in [0.25, 0.3) is 0 Å². The van der Waals surface area contributed by atoms with Crippen molar-refractivity contribution in [1.82, 2.24) is 0 Å². The molecule has 0 fully saturated rings. The van der Waals surface area contributed by atoms with E-state index in [1.54, 1.807) is 12.1 Å². The van der Waals surface area contributed by atoms with Crippen molar-refractivity contribution in [2.24, 2.45) is 0 Å². The maximum absolute atomic E-state index is 12.8. The van der Waals surface area contributed by atoms with Gasteiger partial charge in [0.15, 0.2) is 0 Å². The van der Waals surface area contributed by atoms with Crippen LogP contribution in [0, 0.1) is 5.82 Å². The highest BCUT2D eigenvalue weighted by Gasteiger charge is 2.04. The zero-order chi connectivity index (χ0) is 15.8. The van der Waals surface area contributed by atoms with Gasteiger partial charge in [0.05, 0.1) is 13.0 Å². The number of benzene rings is 2. The zero-order valence-electron chi connectivity index (χ0n) is 12.6. The van der Waals surface area contributed by atoms with Crippen LogP contribution in [0.25, 0.3) is 0 Å². The van der Waals surface area contributed by atoms with Gasteiger partial charge in [-0.15, -0.1) is 0 Å². The molecule has 116 valence electrons. The lowest BCUT2D eigenvalue weighted by Crippen LogP contribution is -2.14. The van der Waals surface area contributed by atoms with Gasteiger partial charge in [0.1, 0.15) is 11.6 Å². The number of carbonyl (C=O) groups is 1. The third-order valence-electron chi connectivity index (χ3n) is 3.18. The Kier molecular flexibility index (Phi) is 5.95. The fourth-order valence-corrected chi connectivity index (χ4v) is 1.96. The van der Waals surface area contributed by atoms with Crippen molar-refractivity contribution in [3.63, 3.8) is 0 Å². The molecule has 3 nitrogen and oxygen atoms in total. The van der Waals surface area contributed by atoms with Gasteiger partial charge in [-0.1, -0.05) is 25.5 Å². The number of halogens is 1. The molecule has 0 radical (unpaired) electrons. The van der Waals surface area contributed by atoms with E-state index in [1.165, 1.54) is 12.1 Å².